The van der Waals surface area contributed by atoms with Gasteiger partial charge in [-0.15, -0.1) is 11.3 Å². The summed E-state index contributed by atoms with van der Waals surface area (Å²) in [4.78, 5) is 4.74. The van der Waals surface area contributed by atoms with Crippen molar-refractivity contribution in [2.75, 3.05) is 0 Å². The second-order valence-corrected chi connectivity index (χ2v) is 15.2. The molecular formula is C12H25N3O2S2Si. The zero-order valence-corrected chi connectivity index (χ0v) is 15.9. The molecule has 1 unspecified atom stereocenters. The molecule has 0 aliphatic rings. The first-order chi connectivity index (χ1) is 8.67. The van der Waals surface area contributed by atoms with Gasteiger partial charge in [-0.25, -0.2) is 14.3 Å². The van der Waals surface area contributed by atoms with Crippen LogP contribution in [0.25, 0.3) is 0 Å². The van der Waals surface area contributed by atoms with Gasteiger partial charge in [0.05, 0.1) is 10.5 Å². The first kappa shape index (κ1) is 17.8. The van der Waals surface area contributed by atoms with E-state index in [1.165, 1.54) is 6.20 Å². The van der Waals surface area contributed by atoms with Gasteiger partial charge in [0.25, 0.3) is 0 Å². The first-order valence-electron chi connectivity index (χ1n) is 6.42. The second-order valence-electron chi connectivity index (χ2n) is 7.02. The minimum Gasteiger partial charge on any atom is -0.385 e. The number of rotatable bonds is 3. The van der Waals surface area contributed by atoms with E-state index in [-0.39, 0.29) is 5.04 Å². The van der Waals surface area contributed by atoms with Crippen LogP contribution in [0.2, 0.25) is 18.1 Å². The van der Waals surface area contributed by atoms with E-state index in [1.807, 2.05) is 13.1 Å². The fraction of sp³-hybridized carbons (Fsp3) is 0.750. The van der Waals surface area contributed by atoms with Crippen molar-refractivity contribution < 1.29 is 9.32 Å². The van der Waals surface area contributed by atoms with Crippen molar-refractivity contribution in [3.63, 3.8) is 0 Å². The number of thiazole rings is 1. The third kappa shape index (κ3) is 3.88. The molecule has 8 heteroatoms. The summed E-state index contributed by atoms with van der Waals surface area (Å²) < 4.78 is 17.5. The average molecular weight is 336 g/mol. The lowest BCUT2D eigenvalue weighted by atomic mass is 10.1. The van der Waals surface area contributed by atoms with Crippen molar-refractivity contribution in [2.24, 2.45) is 9.17 Å². The van der Waals surface area contributed by atoms with Crippen molar-refractivity contribution >= 4 is 29.5 Å². The Balaban J connectivity index is 3.31. The number of nitrogens with zero attached hydrogens (tertiary/aromatic N) is 2. The smallest absolute Gasteiger partial charge is 0.203 e. The van der Waals surface area contributed by atoms with E-state index in [0.29, 0.717) is 9.22 Å². The SMILES string of the molecule is CC(C)(O)c1cnc(S(N)(=O)=N[Si](C)(C)C(C)(C)C)s1. The van der Waals surface area contributed by atoms with Gasteiger partial charge in [0.15, 0.2) is 18.2 Å². The summed E-state index contributed by atoms with van der Waals surface area (Å²) >= 11 is 1.16. The molecule has 0 saturated heterocycles. The van der Waals surface area contributed by atoms with Crippen molar-refractivity contribution in [3.05, 3.63) is 11.1 Å². The fourth-order valence-corrected chi connectivity index (χ4v) is 7.25. The van der Waals surface area contributed by atoms with Gasteiger partial charge in [-0.05, 0) is 32.0 Å². The van der Waals surface area contributed by atoms with Crippen LogP contribution in [-0.4, -0.2) is 22.5 Å². The lowest BCUT2D eigenvalue weighted by molar-refractivity contribution is 0.0823. The predicted molar refractivity (Wildman–Crippen MR) is 87.6 cm³/mol. The highest BCUT2D eigenvalue weighted by Gasteiger charge is 2.38. The zero-order chi connectivity index (χ0) is 16.0. The van der Waals surface area contributed by atoms with Crippen molar-refractivity contribution in [2.45, 2.75) is 62.7 Å². The maximum absolute atomic E-state index is 12.7. The summed E-state index contributed by atoms with van der Waals surface area (Å²) in [6.45, 7) is 13.7. The summed E-state index contributed by atoms with van der Waals surface area (Å²) in [6, 6.07) is 0. The lowest BCUT2D eigenvalue weighted by Gasteiger charge is -2.32. The molecule has 3 N–H and O–H groups in total. The summed E-state index contributed by atoms with van der Waals surface area (Å²) in [5, 5.41) is 15.8. The number of nitrogens with two attached hydrogens (primary N) is 1. The van der Waals surface area contributed by atoms with E-state index in [4.69, 9.17) is 5.14 Å². The zero-order valence-electron chi connectivity index (χ0n) is 13.2. The number of aromatic nitrogens is 1. The molecular weight excluding hydrogens is 310 g/mol. The van der Waals surface area contributed by atoms with E-state index >= 15 is 0 Å². The molecule has 5 nitrogen and oxygen atoms in total. The summed E-state index contributed by atoms with van der Waals surface area (Å²) in [6.07, 6.45) is 1.52. The summed E-state index contributed by atoms with van der Waals surface area (Å²) in [5.74, 6) is 0. The van der Waals surface area contributed by atoms with Gasteiger partial charge in [-0.3, -0.25) is 4.03 Å². The molecule has 0 aliphatic heterocycles. The highest BCUT2D eigenvalue weighted by Crippen LogP contribution is 2.38. The minimum atomic E-state index is -3.01. The molecule has 0 radical (unpaired) electrons. The van der Waals surface area contributed by atoms with Gasteiger partial charge >= 0.3 is 0 Å². The van der Waals surface area contributed by atoms with Crippen LogP contribution >= 0.6 is 11.3 Å². The van der Waals surface area contributed by atoms with Crippen molar-refractivity contribution in [1.82, 2.24) is 4.98 Å². The van der Waals surface area contributed by atoms with Crippen LogP contribution in [-0.2, 0) is 15.5 Å². The highest BCUT2D eigenvalue weighted by atomic mass is 32.2. The quantitative estimate of drug-likeness (QED) is 0.832. The summed E-state index contributed by atoms with van der Waals surface area (Å²) in [5.41, 5.74) is -1.01. The molecule has 1 heterocycles. The lowest BCUT2D eigenvalue weighted by Crippen LogP contribution is -2.37. The van der Waals surface area contributed by atoms with Crippen LogP contribution in [0.1, 0.15) is 39.5 Å². The maximum atomic E-state index is 12.7. The molecule has 0 amide bonds. The van der Waals surface area contributed by atoms with Gasteiger partial charge < -0.3 is 5.11 Å². The normalized spacial score (nSPS) is 16.9. The van der Waals surface area contributed by atoms with E-state index in [1.54, 1.807) is 13.8 Å². The first-order valence-corrected chi connectivity index (χ1v) is 11.8. The predicted octanol–water partition coefficient (Wildman–Crippen LogP) is 3.08. The molecule has 0 aliphatic carbocycles. The Morgan fingerprint density at radius 3 is 2.20 bits per heavy atom. The van der Waals surface area contributed by atoms with Crippen molar-refractivity contribution in [3.8, 4) is 0 Å². The van der Waals surface area contributed by atoms with Gasteiger partial charge in [-0.1, -0.05) is 20.8 Å². The Morgan fingerprint density at radius 2 is 1.85 bits per heavy atom. The molecule has 0 saturated carbocycles. The van der Waals surface area contributed by atoms with Gasteiger partial charge in [0, 0.05) is 6.20 Å². The Labute approximate surface area is 127 Å². The Morgan fingerprint density at radius 1 is 1.35 bits per heavy atom. The standard InChI is InChI=1S/C12H25N3O2S2Si/c1-11(2,3)20(6,7)15-19(13,17)10-14-8-9(18-10)12(4,5)16/h8,16H,1-7H3,(H2,13,15,17). The molecule has 0 bridgehead atoms. The fourth-order valence-electron chi connectivity index (χ4n) is 1.19. The third-order valence-electron chi connectivity index (χ3n) is 3.54. The third-order valence-corrected chi connectivity index (χ3v) is 12.8. The molecule has 20 heavy (non-hydrogen) atoms. The van der Waals surface area contributed by atoms with Crippen LogP contribution in [0, 0.1) is 0 Å². The van der Waals surface area contributed by atoms with Crippen molar-refractivity contribution in [1.29, 1.82) is 0 Å². The number of aliphatic hydroxyl groups is 1. The molecule has 1 aromatic heterocycles. The van der Waals surface area contributed by atoms with E-state index in [2.05, 4.69) is 29.8 Å². The topological polar surface area (TPSA) is 88.6 Å². The molecule has 0 spiro atoms. The Bertz CT molecular complexity index is 603. The van der Waals surface area contributed by atoms with Crippen LogP contribution in [0.3, 0.4) is 0 Å². The van der Waals surface area contributed by atoms with E-state index < -0.39 is 23.8 Å². The molecule has 1 rings (SSSR count). The maximum Gasteiger partial charge on any atom is 0.203 e. The minimum absolute atomic E-state index is 0.0363. The highest BCUT2D eigenvalue weighted by molar-refractivity contribution is 7.94. The number of hydrogen-bond donors (Lipinski definition) is 2. The van der Waals surface area contributed by atoms with Gasteiger partial charge in [-0.2, -0.15) is 0 Å². The van der Waals surface area contributed by atoms with Crippen LogP contribution < -0.4 is 5.14 Å². The van der Waals surface area contributed by atoms with Gasteiger partial charge in [0.1, 0.15) is 0 Å². The van der Waals surface area contributed by atoms with Crippen LogP contribution in [0.4, 0.5) is 0 Å². The van der Waals surface area contributed by atoms with Crippen LogP contribution in [0.15, 0.2) is 14.6 Å². The second kappa shape index (κ2) is 5.17. The molecule has 1 aromatic rings. The Kier molecular flexibility index (Phi) is 4.59. The van der Waals surface area contributed by atoms with Gasteiger partial charge in [0.2, 0.25) is 4.34 Å². The average Bonchev–Trinajstić information content (AvgIpc) is 2.61. The molecule has 1 atom stereocenters. The largest absolute Gasteiger partial charge is 0.385 e. The van der Waals surface area contributed by atoms with E-state index in [9.17, 15) is 9.32 Å². The Hall–Kier alpha value is -0.283. The monoisotopic (exact) mass is 335 g/mol. The number of hydrogen-bond acceptors (Lipinski definition) is 5. The molecule has 116 valence electrons. The van der Waals surface area contributed by atoms with E-state index in [0.717, 1.165) is 11.3 Å². The molecule has 0 aromatic carbocycles. The summed E-state index contributed by atoms with van der Waals surface area (Å²) in [7, 11) is -5.14. The van der Waals surface area contributed by atoms with Crippen LogP contribution in [0.5, 0.6) is 0 Å². The molecule has 0 fully saturated rings.